The quantitative estimate of drug-likeness (QED) is 0.603. The molecule has 31 heavy (non-hydrogen) atoms. The Morgan fingerprint density at radius 3 is 2.42 bits per heavy atom. The first-order valence-corrected chi connectivity index (χ1v) is 10.5. The lowest BCUT2D eigenvalue weighted by molar-refractivity contribution is 0.0697. The Morgan fingerprint density at radius 1 is 1.03 bits per heavy atom. The number of carbonyl (C=O) groups is 2. The number of hydrogen-bond donors (Lipinski definition) is 3. The van der Waals surface area contributed by atoms with E-state index in [0.29, 0.717) is 22.6 Å². The number of rotatable bonds is 4. The number of aromatic amines is 1. The van der Waals surface area contributed by atoms with Gasteiger partial charge >= 0.3 is 6.03 Å². The lowest BCUT2D eigenvalue weighted by Crippen LogP contribution is -2.37. The molecular weight excluding hydrogens is 392 g/mol. The van der Waals surface area contributed by atoms with Gasteiger partial charge in [0.25, 0.3) is 11.5 Å². The SMILES string of the molecule is CC1CCN(C(=O)c2ccc(NC(=O)NCc3c[nH]c(=O)c4ccccc34)cc2)CC1. The predicted molar refractivity (Wildman–Crippen MR) is 121 cm³/mol. The van der Waals surface area contributed by atoms with Crippen molar-refractivity contribution in [1.82, 2.24) is 15.2 Å². The molecule has 0 radical (unpaired) electrons. The number of amides is 3. The van der Waals surface area contributed by atoms with E-state index in [0.717, 1.165) is 36.9 Å². The molecule has 7 heteroatoms. The van der Waals surface area contributed by atoms with Gasteiger partial charge < -0.3 is 20.5 Å². The van der Waals surface area contributed by atoms with Crippen molar-refractivity contribution in [3.05, 3.63) is 76.2 Å². The van der Waals surface area contributed by atoms with Crippen molar-refractivity contribution in [2.24, 2.45) is 5.92 Å². The van der Waals surface area contributed by atoms with Crippen molar-refractivity contribution in [2.45, 2.75) is 26.3 Å². The van der Waals surface area contributed by atoms with E-state index in [2.05, 4.69) is 22.5 Å². The normalized spacial score (nSPS) is 14.4. The Bertz CT molecular complexity index is 1150. The molecule has 1 fully saturated rings. The zero-order valence-electron chi connectivity index (χ0n) is 17.5. The second-order valence-electron chi connectivity index (χ2n) is 8.05. The molecule has 7 nitrogen and oxygen atoms in total. The summed E-state index contributed by atoms with van der Waals surface area (Å²) < 4.78 is 0. The van der Waals surface area contributed by atoms with E-state index >= 15 is 0 Å². The van der Waals surface area contributed by atoms with Gasteiger partial charge in [-0.1, -0.05) is 25.1 Å². The second kappa shape index (κ2) is 9.04. The first-order chi connectivity index (χ1) is 15.0. The number of nitrogens with zero attached hydrogens (tertiary/aromatic N) is 1. The molecule has 3 N–H and O–H groups in total. The topological polar surface area (TPSA) is 94.3 Å². The summed E-state index contributed by atoms with van der Waals surface area (Å²) in [4.78, 5) is 41.5. The van der Waals surface area contributed by atoms with Gasteiger partial charge in [-0.25, -0.2) is 4.79 Å². The van der Waals surface area contributed by atoms with Crippen LogP contribution in [0.4, 0.5) is 10.5 Å². The predicted octanol–water partition coefficient (Wildman–Crippen LogP) is 3.72. The maximum Gasteiger partial charge on any atom is 0.319 e. The average Bonchev–Trinajstić information content (AvgIpc) is 2.79. The highest BCUT2D eigenvalue weighted by Gasteiger charge is 2.21. The minimum absolute atomic E-state index is 0.0350. The van der Waals surface area contributed by atoms with Crippen LogP contribution in [0.2, 0.25) is 0 Å². The number of aromatic nitrogens is 1. The van der Waals surface area contributed by atoms with E-state index in [-0.39, 0.29) is 24.0 Å². The number of piperidine rings is 1. The molecule has 0 atom stereocenters. The molecule has 3 amide bonds. The Kier molecular flexibility index (Phi) is 6.02. The molecule has 1 saturated heterocycles. The first kappa shape index (κ1) is 20.7. The third-order valence-corrected chi connectivity index (χ3v) is 5.80. The number of H-pyrrole nitrogens is 1. The average molecular weight is 418 g/mol. The van der Waals surface area contributed by atoms with Crippen LogP contribution in [0.3, 0.4) is 0 Å². The van der Waals surface area contributed by atoms with E-state index in [9.17, 15) is 14.4 Å². The van der Waals surface area contributed by atoms with Crippen LogP contribution in [-0.4, -0.2) is 34.9 Å². The van der Waals surface area contributed by atoms with Gasteiger partial charge in [0, 0.05) is 42.5 Å². The third-order valence-electron chi connectivity index (χ3n) is 5.80. The number of hydrogen-bond acceptors (Lipinski definition) is 3. The number of benzene rings is 2. The van der Waals surface area contributed by atoms with Crippen LogP contribution in [0.1, 0.15) is 35.7 Å². The molecule has 0 bridgehead atoms. The molecule has 1 aliphatic rings. The van der Waals surface area contributed by atoms with Crippen molar-refractivity contribution >= 4 is 28.4 Å². The fraction of sp³-hybridized carbons (Fsp3) is 0.292. The molecule has 2 aromatic carbocycles. The largest absolute Gasteiger partial charge is 0.339 e. The van der Waals surface area contributed by atoms with Crippen LogP contribution in [-0.2, 0) is 6.54 Å². The van der Waals surface area contributed by atoms with Crippen LogP contribution >= 0.6 is 0 Å². The number of pyridine rings is 1. The minimum Gasteiger partial charge on any atom is -0.339 e. The second-order valence-corrected chi connectivity index (χ2v) is 8.05. The van der Waals surface area contributed by atoms with Gasteiger partial charge in [0.15, 0.2) is 0 Å². The van der Waals surface area contributed by atoms with Crippen molar-refractivity contribution in [1.29, 1.82) is 0 Å². The van der Waals surface area contributed by atoms with E-state index in [1.807, 2.05) is 23.1 Å². The monoisotopic (exact) mass is 418 g/mol. The number of urea groups is 1. The summed E-state index contributed by atoms with van der Waals surface area (Å²) in [5.74, 6) is 0.705. The van der Waals surface area contributed by atoms with Gasteiger partial charge in [-0.05, 0) is 60.0 Å². The lowest BCUT2D eigenvalue weighted by Gasteiger charge is -2.30. The number of nitrogens with one attached hydrogen (secondary N) is 3. The molecule has 0 unspecified atom stereocenters. The number of likely N-dealkylation sites (tertiary alicyclic amines) is 1. The Labute approximate surface area is 180 Å². The van der Waals surface area contributed by atoms with Crippen molar-refractivity contribution in [2.75, 3.05) is 18.4 Å². The summed E-state index contributed by atoms with van der Waals surface area (Å²) in [6.07, 6.45) is 3.69. The fourth-order valence-electron chi connectivity index (χ4n) is 3.86. The van der Waals surface area contributed by atoms with Crippen LogP contribution in [0, 0.1) is 5.92 Å². The summed E-state index contributed by atoms with van der Waals surface area (Å²) in [6, 6.07) is 13.9. The summed E-state index contributed by atoms with van der Waals surface area (Å²) in [5, 5.41) is 6.98. The number of fused-ring (bicyclic) bond motifs is 1. The van der Waals surface area contributed by atoms with Crippen LogP contribution in [0.15, 0.2) is 59.5 Å². The van der Waals surface area contributed by atoms with Gasteiger partial charge in [-0.15, -0.1) is 0 Å². The molecule has 0 aliphatic carbocycles. The van der Waals surface area contributed by atoms with E-state index < -0.39 is 0 Å². The molecule has 4 rings (SSSR count). The standard InChI is InChI=1S/C24H26N4O3/c1-16-10-12-28(13-11-16)23(30)17-6-8-19(9-7-17)27-24(31)26-15-18-14-25-22(29)21-5-3-2-4-20(18)21/h2-9,14,16H,10-13,15H2,1H3,(H,25,29)(H2,26,27,31). The fourth-order valence-corrected chi connectivity index (χ4v) is 3.86. The van der Waals surface area contributed by atoms with Gasteiger partial charge in [0.05, 0.1) is 0 Å². The van der Waals surface area contributed by atoms with Gasteiger partial charge in [-0.3, -0.25) is 9.59 Å². The highest BCUT2D eigenvalue weighted by molar-refractivity contribution is 5.95. The smallest absolute Gasteiger partial charge is 0.319 e. The summed E-state index contributed by atoms with van der Waals surface area (Å²) in [5.41, 5.74) is 1.90. The van der Waals surface area contributed by atoms with Gasteiger partial charge in [0.2, 0.25) is 0 Å². The zero-order valence-corrected chi connectivity index (χ0v) is 17.5. The van der Waals surface area contributed by atoms with Crippen LogP contribution < -0.4 is 16.2 Å². The summed E-state index contributed by atoms with van der Waals surface area (Å²) >= 11 is 0. The van der Waals surface area contributed by atoms with Crippen molar-refractivity contribution in [3.8, 4) is 0 Å². The summed E-state index contributed by atoms with van der Waals surface area (Å²) in [6.45, 7) is 4.07. The number of anilines is 1. The molecule has 160 valence electrons. The van der Waals surface area contributed by atoms with E-state index in [4.69, 9.17) is 0 Å². The zero-order chi connectivity index (χ0) is 21.8. The van der Waals surface area contributed by atoms with Gasteiger partial charge in [0.1, 0.15) is 0 Å². The molecule has 0 saturated carbocycles. The molecule has 3 aromatic rings. The van der Waals surface area contributed by atoms with E-state index in [1.165, 1.54) is 0 Å². The summed E-state index contributed by atoms with van der Waals surface area (Å²) in [7, 11) is 0. The highest BCUT2D eigenvalue weighted by Crippen LogP contribution is 2.19. The van der Waals surface area contributed by atoms with Crippen LogP contribution in [0.5, 0.6) is 0 Å². The van der Waals surface area contributed by atoms with E-state index in [1.54, 1.807) is 36.5 Å². The third kappa shape index (κ3) is 4.77. The Morgan fingerprint density at radius 2 is 1.71 bits per heavy atom. The molecule has 2 heterocycles. The highest BCUT2D eigenvalue weighted by atomic mass is 16.2. The van der Waals surface area contributed by atoms with Crippen LogP contribution in [0.25, 0.3) is 10.8 Å². The van der Waals surface area contributed by atoms with Crippen molar-refractivity contribution in [3.63, 3.8) is 0 Å². The maximum absolute atomic E-state index is 12.6. The minimum atomic E-state index is -0.362. The molecule has 1 aromatic heterocycles. The Balaban J connectivity index is 1.35. The molecule has 1 aliphatic heterocycles. The Hall–Kier alpha value is -3.61. The molecule has 0 spiro atoms. The lowest BCUT2D eigenvalue weighted by atomic mass is 9.98. The maximum atomic E-state index is 12.6. The molecular formula is C24H26N4O3. The number of carbonyl (C=O) groups excluding carboxylic acids is 2. The first-order valence-electron chi connectivity index (χ1n) is 10.5. The van der Waals surface area contributed by atoms with Crippen molar-refractivity contribution < 1.29 is 9.59 Å². The van der Waals surface area contributed by atoms with Gasteiger partial charge in [-0.2, -0.15) is 0 Å².